The van der Waals surface area contributed by atoms with Gasteiger partial charge in [0.15, 0.2) is 0 Å². The summed E-state index contributed by atoms with van der Waals surface area (Å²) in [5.41, 5.74) is 0. The van der Waals surface area contributed by atoms with Crippen LogP contribution in [0.25, 0.3) is 0 Å². The maximum Gasteiger partial charge on any atom is 0.0874 e. The van der Waals surface area contributed by atoms with Gasteiger partial charge in [0, 0.05) is 0 Å². The maximum absolute atomic E-state index is 4.80. The summed E-state index contributed by atoms with van der Waals surface area (Å²) >= 11 is 0. The second-order valence-corrected chi connectivity index (χ2v) is 2.29. The molecule has 0 aliphatic rings. The van der Waals surface area contributed by atoms with Crippen LogP contribution in [-0.2, 0) is 9.78 Å². The number of hydrogen-bond donors (Lipinski definition) is 0. The van der Waals surface area contributed by atoms with Crippen LogP contribution in [0.5, 0.6) is 0 Å². The highest BCUT2D eigenvalue weighted by Crippen LogP contribution is 1.93. The summed E-state index contributed by atoms with van der Waals surface area (Å²) in [5, 5.41) is 0. The van der Waals surface area contributed by atoms with Gasteiger partial charge in [0.05, 0.1) is 12.2 Å². The normalized spacial score (nSPS) is 10.0. The molecule has 0 fully saturated rings. The van der Waals surface area contributed by atoms with Crippen LogP contribution in [-0.4, -0.2) is 12.2 Å². The lowest BCUT2D eigenvalue weighted by Gasteiger charge is -2.08. The van der Waals surface area contributed by atoms with Crippen LogP contribution in [0.2, 0.25) is 0 Å². The molecule has 0 heterocycles. The molecule has 2 heteroatoms. The number of rotatable bonds is 3. The molecule has 0 radical (unpaired) electrons. The van der Waals surface area contributed by atoms with Crippen molar-refractivity contribution in [3.63, 3.8) is 0 Å². The van der Waals surface area contributed by atoms with Crippen molar-refractivity contribution in [2.75, 3.05) is 0 Å². The smallest absolute Gasteiger partial charge is 0.0874 e. The van der Waals surface area contributed by atoms with E-state index in [4.69, 9.17) is 9.78 Å². The molecule has 9 heavy (non-hydrogen) atoms. The summed E-state index contributed by atoms with van der Waals surface area (Å²) in [6.07, 6.45) is 0.329. The van der Waals surface area contributed by atoms with Crippen LogP contribution in [0.4, 0.5) is 0 Å². The molecule has 0 aromatic heterocycles. The largest absolute Gasteiger partial charge is 0.234 e. The Morgan fingerprint density at radius 2 is 1.00 bits per heavy atom. The fourth-order valence-corrected chi connectivity index (χ4v) is 0.222. The molecule has 2 nitrogen and oxygen atoms in total. The summed E-state index contributed by atoms with van der Waals surface area (Å²) in [7, 11) is 0. The molecule has 0 aromatic carbocycles. The standard InChI is InChI=1S/C6H14O2.CH4/c1-5(2)7-8-6(3)4;/h5-6H,1-4H3;1H4. The van der Waals surface area contributed by atoms with E-state index in [1.54, 1.807) is 0 Å². The zero-order chi connectivity index (χ0) is 6.57. The highest BCUT2D eigenvalue weighted by atomic mass is 17.2. The average molecular weight is 134 g/mol. The summed E-state index contributed by atoms with van der Waals surface area (Å²) in [6, 6.07) is 0. The third kappa shape index (κ3) is 11.5. The predicted molar refractivity (Wildman–Crippen MR) is 39.2 cm³/mol. The first-order valence-electron chi connectivity index (χ1n) is 2.95. The van der Waals surface area contributed by atoms with Crippen molar-refractivity contribution in [3.8, 4) is 0 Å². The lowest BCUT2D eigenvalue weighted by molar-refractivity contribution is -0.337. The Labute approximate surface area is 58.1 Å². The monoisotopic (exact) mass is 134 g/mol. The molecule has 0 aliphatic heterocycles. The Kier molecular flexibility index (Phi) is 7.85. The minimum Gasteiger partial charge on any atom is -0.234 e. The molecule has 0 aromatic rings. The minimum absolute atomic E-state index is 0. The van der Waals surface area contributed by atoms with Crippen molar-refractivity contribution in [1.29, 1.82) is 0 Å². The van der Waals surface area contributed by atoms with Gasteiger partial charge in [0.25, 0.3) is 0 Å². The van der Waals surface area contributed by atoms with Gasteiger partial charge in [-0.3, -0.25) is 0 Å². The third-order valence-electron chi connectivity index (χ3n) is 0.440. The quantitative estimate of drug-likeness (QED) is 0.436. The molecule has 0 bridgehead atoms. The Morgan fingerprint density at radius 1 is 0.778 bits per heavy atom. The molecule has 0 atom stereocenters. The summed E-state index contributed by atoms with van der Waals surface area (Å²) < 4.78 is 0. The predicted octanol–water partition coefficient (Wildman–Crippen LogP) is 2.39. The first-order valence-corrected chi connectivity index (χ1v) is 2.95. The molecule has 0 rings (SSSR count). The summed E-state index contributed by atoms with van der Waals surface area (Å²) in [6.45, 7) is 7.73. The number of hydrogen-bond acceptors (Lipinski definition) is 2. The molecule has 0 unspecified atom stereocenters. The van der Waals surface area contributed by atoms with E-state index in [9.17, 15) is 0 Å². The Bertz CT molecular complexity index is 42.9. The molecular formula is C7H18O2. The van der Waals surface area contributed by atoms with Crippen LogP contribution in [0.1, 0.15) is 35.1 Å². The van der Waals surface area contributed by atoms with E-state index in [2.05, 4.69) is 0 Å². The molecule has 0 saturated heterocycles. The fraction of sp³-hybridized carbons (Fsp3) is 1.00. The molecule has 0 amide bonds. The van der Waals surface area contributed by atoms with E-state index in [0.717, 1.165) is 0 Å². The molecule has 0 saturated carbocycles. The highest BCUT2D eigenvalue weighted by Gasteiger charge is 1.95. The van der Waals surface area contributed by atoms with Crippen molar-refractivity contribution in [2.24, 2.45) is 0 Å². The summed E-state index contributed by atoms with van der Waals surface area (Å²) in [5.74, 6) is 0. The SMILES string of the molecule is C.CC(C)OOC(C)C. The molecular weight excluding hydrogens is 116 g/mol. The van der Waals surface area contributed by atoms with Gasteiger partial charge in [-0.05, 0) is 27.7 Å². The van der Waals surface area contributed by atoms with Crippen LogP contribution < -0.4 is 0 Å². The third-order valence-corrected chi connectivity index (χ3v) is 0.440. The molecule has 0 spiro atoms. The first kappa shape index (κ1) is 11.7. The van der Waals surface area contributed by atoms with Crippen molar-refractivity contribution < 1.29 is 9.78 Å². The van der Waals surface area contributed by atoms with E-state index >= 15 is 0 Å². The van der Waals surface area contributed by atoms with Crippen LogP contribution >= 0.6 is 0 Å². The zero-order valence-corrected chi connectivity index (χ0v) is 5.97. The fourth-order valence-electron chi connectivity index (χ4n) is 0.222. The van der Waals surface area contributed by atoms with Gasteiger partial charge >= 0.3 is 0 Å². The second kappa shape index (κ2) is 6.05. The lowest BCUT2D eigenvalue weighted by atomic mass is 10.5. The highest BCUT2D eigenvalue weighted by molar-refractivity contribution is 4.30. The average Bonchev–Trinajstić information content (AvgIpc) is 1.61. The maximum atomic E-state index is 4.80. The van der Waals surface area contributed by atoms with Crippen molar-refractivity contribution in [1.82, 2.24) is 0 Å². The minimum atomic E-state index is 0. The zero-order valence-electron chi connectivity index (χ0n) is 5.97. The van der Waals surface area contributed by atoms with Crippen molar-refractivity contribution >= 4 is 0 Å². The Balaban J connectivity index is 0. The van der Waals surface area contributed by atoms with E-state index in [1.807, 2.05) is 27.7 Å². The van der Waals surface area contributed by atoms with Crippen molar-refractivity contribution in [2.45, 2.75) is 47.3 Å². The van der Waals surface area contributed by atoms with Crippen LogP contribution in [0, 0.1) is 0 Å². The van der Waals surface area contributed by atoms with Gasteiger partial charge in [-0.25, -0.2) is 9.78 Å². The van der Waals surface area contributed by atoms with E-state index in [0.29, 0.717) is 0 Å². The van der Waals surface area contributed by atoms with E-state index < -0.39 is 0 Å². The first-order chi connectivity index (χ1) is 3.63. The van der Waals surface area contributed by atoms with Crippen LogP contribution in [0.15, 0.2) is 0 Å². The Morgan fingerprint density at radius 3 is 1.11 bits per heavy atom. The van der Waals surface area contributed by atoms with Gasteiger partial charge in [0.1, 0.15) is 0 Å². The van der Waals surface area contributed by atoms with Gasteiger partial charge in [-0.15, -0.1) is 0 Å². The van der Waals surface area contributed by atoms with Crippen molar-refractivity contribution in [3.05, 3.63) is 0 Å². The molecule has 0 aliphatic carbocycles. The van der Waals surface area contributed by atoms with Crippen LogP contribution in [0.3, 0.4) is 0 Å². The van der Waals surface area contributed by atoms with E-state index in [-0.39, 0.29) is 19.6 Å². The topological polar surface area (TPSA) is 18.5 Å². The second-order valence-electron chi connectivity index (χ2n) is 2.29. The molecule has 58 valence electrons. The Hall–Kier alpha value is -0.0800. The lowest BCUT2D eigenvalue weighted by Crippen LogP contribution is -2.08. The van der Waals surface area contributed by atoms with Gasteiger partial charge in [-0.2, -0.15) is 0 Å². The van der Waals surface area contributed by atoms with Gasteiger partial charge in [0.2, 0.25) is 0 Å². The molecule has 0 N–H and O–H groups in total. The summed E-state index contributed by atoms with van der Waals surface area (Å²) in [4.78, 5) is 9.61. The van der Waals surface area contributed by atoms with E-state index in [1.165, 1.54) is 0 Å². The van der Waals surface area contributed by atoms with Gasteiger partial charge < -0.3 is 0 Å². The van der Waals surface area contributed by atoms with Gasteiger partial charge in [-0.1, -0.05) is 7.43 Å².